The van der Waals surface area contributed by atoms with Crippen molar-refractivity contribution in [1.29, 1.82) is 0 Å². The smallest absolute Gasteiger partial charge is 0.255 e. The molecule has 9 nitrogen and oxygen atoms in total. The summed E-state index contributed by atoms with van der Waals surface area (Å²) >= 11 is 6.08. The Kier molecular flexibility index (Phi) is 10.5. The molecule has 2 aliphatic heterocycles. The Labute approximate surface area is 263 Å². The van der Waals surface area contributed by atoms with Gasteiger partial charge in [0.2, 0.25) is 23.6 Å². The minimum atomic E-state index is -0.772. The van der Waals surface area contributed by atoms with Crippen molar-refractivity contribution >= 4 is 41.1 Å². The second kappa shape index (κ2) is 14.1. The topological polar surface area (TPSA) is 116 Å². The number of nitrogens with one attached hydrogen (secondary N) is 2. The van der Waals surface area contributed by atoms with Gasteiger partial charge in [0.1, 0.15) is 12.1 Å². The van der Waals surface area contributed by atoms with Crippen molar-refractivity contribution in [2.75, 3.05) is 6.54 Å². The van der Waals surface area contributed by atoms with Gasteiger partial charge in [0.05, 0.1) is 0 Å². The van der Waals surface area contributed by atoms with Crippen LogP contribution in [0.2, 0.25) is 5.02 Å². The van der Waals surface area contributed by atoms with Crippen LogP contribution < -0.4 is 10.6 Å². The van der Waals surface area contributed by atoms with Crippen LogP contribution in [0.15, 0.2) is 42.5 Å². The standard InChI is InChI=1S/C34H39ClN4O5/c1-5-38(30(32(43)37-34(2,3)4)23-15-17-24(35)18-16-23)29(41)14-9-7-6-8-11-22-12-10-13-25-26(22)21-39(33(25)44)27-19-20-28(40)36-31(27)42/h10,12-13,15-18,27,30H,5-7,9,14,19-21H2,1-4H3,(H,37,43)(H,36,40,42). The third-order valence-electron chi connectivity index (χ3n) is 7.65. The molecule has 0 bridgehead atoms. The predicted octanol–water partition coefficient (Wildman–Crippen LogP) is 4.52. The zero-order valence-corrected chi connectivity index (χ0v) is 26.4. The van der Waals surface area contributed by atoms with Gasteiger partial charge in [-0.1, -0.05) is 41.6 Å². The van der Waals surface area contributed by atoms with E-state index in [2.05, 4.69) is 22.5 Å². The van der Waals surface area contributed by atoms with Crippen molar-refractivity contribution in [2.45, 2.75) is 90.4 Å². The number of halogens is 1. The van der Waals surface area contributed by atoms with Crippen LogP contribution in [0.1, 0.15) is 99.3 Å². The molecule has 2 unspecified atom stereocenters. The van der Waals surface area contributed by atoms with Crippen LogP contribution in [0, 0.1) is 11.8 Å². The maximum Gasteiger partial charge on any atom is 0.255 e. The number of likely N-dealkylation sites (N-methyl/N-ethyl adjacent to an activating group) is 1. The van der Waals surface area contributed by atoms with Crippen LogP contribution in [0.4, 0.5) is 0 Å². The van der Waals surface area contributed by atoms with E-state index in [0.717, 1.165) is 11.1 Å². The molecule has 2 N–H and O–H groups in total. The zero-order valence-electron chi connectivity index (χ0n) is 25.7. The first kappa shape index (κ1) is 32.7. The highest BCUT2D eigenvalue weighted by Crippen LogP contribution is 2.30. The van der Waals surface area contributed by atoms with Gasteiger partial charge in [-0.25, -0.2) is 0 Å². The lowest BCUT2D eigenvalue weighted by molar-refractivity contribution is -0.141. The summed E-state index contributed by atoms with van der Waals surface area (Å²) in [5.41, 5.74) is 2.28. The van der Waals surface area contributed by atoms with Crippen molar-refractivity contribution in [3.05, 3.63) is 69.7 Å². The highest BCUT2D eigenvalue weighted by atomic mass is 35.5. The van der Waals surface area contributed by atoms with Gasteiger partial charge in [0.25, 0.3) is 5.91 Å². The molecule has 2 aromatic carbocycles. The number of carbonyl (C=O) groups is 5. The Bertz CT molecular complexity index is 1500. The lowest BCUT2D eigenvalue weighted by Crippen LogP contribution is -2.52. The number of benzene rings is 2. The quantitative estimate of drug-likeness (QED) is 0.244. The molecule has 2 heterocycles. The minimum absolute atomic E-state index is 0.114. The SMILES string of the molecule is CCN(C(=O)CCCCC#Cc1cccc2c1CN(C1CCC(=O)NC1=O)C2=O)C(C(=O)NC(C)(C)C)c1ccc(Cl)cc1. The highest BCUT2D eigenvalue weighted by Gasteiger charge is 2.39. The van der Waals surface area contributed by atoms with E-state index in [-0.39, 0.29) is 43.0 Å². The van der Waals surface area contributed by atoms with Crippen molar-refractivity contribution < 1.29 is 24.0 Å². The van der Waals surface area contributed by atoms with Gasteiger partial charge < -0.3 is 15.1 Å². The fourth-order valence-electron chi connectivity index (χ4n) is 5.55. The summed E-state index contributed by atoms with van der Waals surface area (Å²) in [6.45, 7) is 8.21. The highest BCUT2D eigenvalue weighted by molar-refractivity contribution is 6.30. The fraction of sp³-hybridized carbons (Fsp3) is 0.441. The molecule has 10 heteroatoms. The second-order valence-corrected chi connectivity index (χ2v) is 12.6. The fourth-order valence-corrected chi connectivity index (χ4v) is 5.68. The van der Waals surface area contributed by atoms with Crippen LogP contribution in [-0.2, 0) is 25.7 Å². The third-order valence-corrected chi connectivity index (χ3v) is 7.90. The molecule has 0 radical (unpaired) electrons. The normalized spacial score (nSPS) is 16.9. The zero-order chi connectivity index (χ0) is 32.0. The molecular weight excluding hydrogens is 580 g/mol. The first-order valence-corrected chi connectivity index (χ1v) is 15.4. The average Bonchev–Trinajstić information content (AvgIpc) is 3.29. The monoisotopic (exact) mass is 618 g/mol. The van der Waals surface area contributed by atoms with Gasteiger partial charge in [-0.2, -0.15) is 0 Å². The largest absolute Gasteiger partial charge is 0.349 e. The molecule has 2 aromatic rings. The maximum atomic E-state index is 13.3. The number of amides is 5. The second-order valence-electron chi connectivity index (χ2n) is 12.1. The van der Waals surface area contributed by atoms with E-state index in [4.69, 9.17) is 11.6 Å². The molecule has 0 aliphatic carbocycles. The first-order valence-electron chi connectivity index (χ1n) is 15.0. The number of carbonyl (C=O) groups excluding carboxylic acids is 5. The Morgan fingerprint density at radius 3 is 2.50 bits per heavy atom. The summed E-state index contributed by atoms with van der Waals surface area (Å²) in [6, 6.07) is 10.9. The maximum absolute atomic E-state index is 13.3. The summed E-state index contributed by atoms with van der Waals surface area (Å²) in [7, 11) is 0. The first-order chi connectivity index (χ1) is 20.9. The summed E-state index contributed by atoms with van der Waals surface area (Å²) in [6.07, 6.45) is 2.63. The van der Waals surface area contributed by atoms with Gasteiger partial charge in [-0.3, -0.25) is 29.3 Å². The van der Waals surface area contributed by atoms with Crippen LogP contribution in [0.5, 0.6) is 0 Å². The molecule has 4 rings (SSSR count). The predicted molar refractivity (Wildman–Crippen MR) is 167 cm³/mol. The molecule has 2 atom stereocenters. The number of hydrogen-bond donors (Lipinski definition) is 2. The molecule has 5 amide bonds. The molecule has 0 aromatic heterocycles. The van der Waals surface area contributed by atoms with E-state index >= 15 is 0 Å². The third kappa shape index (κ3) is 7.86. The lowest BCUT2D eigenvalue weighted by Gasteiger charge is -2.33. The number of unbranched alkanes of at least 4 members (excludes halogenated alkanes) is 2. The van der Waals surface area contributed by atoms with Gasteiger partial charge in [0.15, 0.2) is 0 Å². The van der Waals surface area contributed by atoms with E-state index in [0.29, 0.717) is 48.4 Å². The van der Waals surface area contributed by atoms with Crippen molar-refractivity contribution in [1.82, 2.24) is 20.4 Å². The average molecular weight is 619 g/mol. The van der Waals surface area contributed by atoms with Crippen molar-refractivity contribution in [3.8, 4) is 11.8 Å². The van der Waals surface area contributed by atoms with E-state index in [1.165, 1.54) is 4.90 Å². The van der Waals surface area contributed by atoms with E-state index in [9.17, 15) is 24.0 Å². The number of fused-ring (bicyclic) bond motifs is 1. The van der Waals surface area contributed by atoms with Crippen LogP contribution in [0.25, 0.3) is 0 Å². The molecular formula is C34H39ClN4O5. The summed E-state index contributed by atoms with van der Waals surface area (Å²) < 4.78 is 0. The summed E-state index contributed by atoms with van der Waals surface area (Å²) in [5.74, 6) is 4.98. The minimum Gasteiger partial charge on any atom is -0.349 e. The summed E-state index contributed by atoms with van der Waals surface area (Å²) in [4.78, 5) is 66.7. The van der Waals surface area contributed by atoms with Crippen LogP contribution in [-0.4, -0.2) is 57.5 Å². The Hall–Kier alpha value is -4.16. The molecule has 232 valence electrons. The number of hydrogen-bond acceptors (Lipinski definition) is 5. The molecule has 0 saturated carbocycles. The molecule has 1 fully saturated rings. The molecule has 1 saturated heterocycles. The summed E-state index contributed by atoms with van der Waals surface area (Å²) in [5, 5.41) is 5.88. The number of nitrogens with zero attached hydrogens (tertiary/aromatic N) is 2. The van der Waals surface area contributed by atoms with E-state index in [1.54, 1.807) is 41.3 Å². The molecule has 44 heavy (non-hydrogen) atoms. The van der Waals surface area contributed by atoms with Crippen LogP contribution >= 0.6 is 11.6 Å². The van der Waals surface area contributed by atoms with E-state index < -0.39 is 23.5 Å². The Morgan fingerprint density at radius 1 is 1.11 bits per heavy atom. The van der Waals surface area contributed by atoms with Crippen molar-refractivity contribution in [2.24, 2.45) is 0 Å². The van der Waals surface area contributed by atoms with Crippen molar-refractivity contribution in [3.63, 3.8) is 0 Å². The van der Waals surface area contributed by atoms with Gasteiger partial charge in [-0.15, -0.1) is 0 Å². The Balaban J connectivity index is 1.36. The van der Waals surface area contributed by atoms with Crippen LogP contribution in [0.3, 0.4) is 0 Å². The molecule has 0 spiro atoms. The molecule has 2 aliphatic rings. The van der Waals surface area contributed by atoms with Gasteiger partial charge in [-0.05, 0) is 82.3 Å². The Morgan fingerprint density at radius 2 is 1.84 bits per heavy atom. The number of imide groups is 1. The van der Waals surface area contributed by atoms with Gasteiger partial charge in [0, 0.05) is 54.0 Å². The van der Waals surface area contributed by atoms with E-state index in [1.807, 2.05) is 33.8 Å². The van der Waals surface area contributed by atoms with Gasteiger partial charge >= 0.3 is 0 Å². The number of rotatable bonds is 9. The number of piperidine rings is 1. The lowest BCUT2D eigenvalue weighted by atomic mass is 10.0.